The molecule has 0 saturated heterocycles. The van der Waals surface area contributed by atoms with E-state index >= 15 is 0 Å². The van der Waals surface area contributed by atoms with Crippen molar-refractivity contribution in [2.45, 2.75) is 24.8 Å². The van der Waals surface area contributed by atoms with E-state index in [1.54, 1.807) is 17.5 Å². The molecule has 1 aromatic carbocycles. The van der Waals surface area contributed by atoms with Crippen LogP contribution >= 0.6 is 11.3 Å². The summed E-state index contributed by atoms with van der Waals surface area (Å²) in [6, 6.07) is 7.00. The van der Waals surface area contributed by atoms with Gasteiger partial charge in [-0.25, -0.2) is 13.4 Å². The first kappa shape index (κ1) is 15.0. The molecule has 108 valence electrons. The third kappa shape index (κ3) is 3.36. The molecule has 0 aliphatic rings. The lowest BCUT2D eigenvalue weighted by Gasteiger charge is -2.11. The zero-order valence-electron chi connectivity index (χ0n) is 11.5. The van der Waals surface area contributed by atoms with Gasteiger partial charge in [-0.1, -0.05) is 12.1 Å². The summed E-state index contributed by atoms with van der Waals surface area (Å²) < 4.78 is 26.9. The SMILES string of the molecule is CNC(C)c1ccc(S(=O)(=O)Nc2nc(C)cs2)cc1. The zero-order valence-corrected chi connectivity index (χ0v) is 13.2. The lowest BCUT2D eigenvalue weighted by atomic mass is 10.1. The van der Waals surface area contributed by atoms with Gasteiger partial charge in [-0.05, 0) is 38.6 Å². The third-order valence-corrected chi connectivity index (χ3v) is 5.32. The zero-order chi connectivity index (χ0) is 14.8. The predicted molar refractivity (Wildman–Crippen MR) is 81.6 cm³/mol. The molecule has 0 amide bonds. The van der Waals surface area contributed by atoms with Gasteiger partial charge in [-0.3, -0.25) is 4.72 Å². The topological polar surface area (TPSA) is 71.1 Å². The van der Waals surface area contributed by atoms with Gasteiger partial charge in [-0.2, -0.15) is 0 Å². The molecule has 1 atom stereocenters. The first-order valence-electron chi connectivity index (χ1n) is 6.14. The Bertz CT molecular complexity index is 678. The van der Waals surface area contributed by atoms with Crippen LogP contribution in [0, 0.1) is 6.92 Å². The van der Waals surface area contributed by atoms with Crippen molar-refractivity contribution < 1.29 is 8.42 Å². The van der Waals surface area contributed by atoms with Crippen LogP contribution in [0.15, 0.2) is 34.5 Å². The van der Waals surface area contributed by atoms with Gasteiger partial charge in [0.2, 0.25) is 0 Å². The fourth-order valence-corrected chi connectivity index (χ4v) is 3.62. The van der Waals surface area contributed by atoms with Crippen molar-refractivity contribution >= 4 is 26.5 Å². The number of thiazole rings is 1. The molecule has 0 aliphatic carbocycles. The maximum absolute atomic E-state index is 12.2. The van der Waals surface area contributed by atoms with Crippen molar-refractivity contribution in [1.29, 1.82) is 0 Å². The molecule has 2 aromatic rings. The summed E-state index contributed by atoms with van der Waals surface area (Å²) in [7, 11) is -1.71. The average molecular weight is 311 g/mol. The van der Waals surface area contributed by atoms with E-state index in [2.05, 4.69) is 15.0 Å². The molecule has 0 bridgehead atoms. The maximum atomic E-state index is 12.2. The molecule has 1 aromatic heterocycles. The highest BCUT2D eigenvalue weighted by Gasteiger charge is 2.16. The van der Waals surface area contributed by atoms with Gasteiger partial charge in [-0.15, -0.1) is 11.3 Å². The fourth-order valence-electron chi connectivity index (χ4n) is 1.68. The molecule has 7 heteroatoms. The van der Waals surface area contributed by atoms with E-state index in [1.165, 1.54) is 11.3 Å². The van der Waals surface area contributed by atoms with Crippen molar-refractivity contribution in [3.63, 3.8) is 0 Å². The van der Waals surface area contributed by atoms with Crippen molar-refractivity contribution in [3.8, 4) is 0 Å². The van der Waals surface area contributed by atoms with Gasteiger partial charge in [0, 0.05) is 11.4 Å². The smallest absolute Gasteiger partial charge is 0.263 e. The highest BCUT2D eigenvalue weighted by Crippen LogP contribution is 2.21. The second kappa shape index (κ2) is 5.90. The first-order valence-corrected chi connectivity index (χ1v) is 8.51. The molecule has 0 radical (unpaired) electrons. The van der Waals surface area contributed by atoms with E-state index in [-0.39, 0.29) is 10.9 Å². The number of rotatable bonds is 5. The molecule has 0 fully saturated rings. The summed E-state index contributed by atoms with van der Waals surface area (Å²) >= 11 is 1.27. The Morgan fingerprint density at radius 2 is 1.90 bits per heavy atom. The van der Waals surface area contributed by atoms with Crippen LogP contribution in [0.3, 0.4) is 0 Å². The third-order valence-electron chi connectivity index (χ3n) is 2.96. The van der Waals surface area contributed by atoms with E-state index < -0.39 is 10.0 Å². The van der Waals surface area contributed by atoms with Crippen molar-refractivity contribution in [2.24, 2.45) is 0 Å². The number of hydrogen-bond acceptors (Lipinski definition) is 5. The molecule has 2 rings (SSSR count). The monoisotopic (exact) mass is 311 g/mol. The molecular weight excluding hydrogens is 294 g/mol. The Balaban J connectivity index is 2.21. The van der Waals surface area contributed by atoms with Crippen LogP contribution in [0.1, 0.15) is 24.2 Å². The number of anilines is 1. The number of aryl methyl sites for hydroxylation is 1. The van der Waals surface area contributed by atoms with Crippen LogP contribution in [-0.2, 0) is 10.0 Å². The molecule has 5 nitrogen and oxygen atoms in total. The molecular formula is C13H17N3O2S2. The van der Waals surface area contributed by atoms with Crippen molar-refractivity contribution in [2.75, 3.05) is 11.8 Å². The summed E-state index contributed by atoms with van der Waals surface area (Å²) in [4.78, 5) is 4.33. The van der Waals surface area contributed by atoms with E-state index in [1.807, 2.05) is 33.0 Å². The number of hydrogen-bond donors (Lipinski definition) is 2. The summed E-state index contributed by atoms with van der Waals surface area (Å²) in [5.74, 6) is 0. The second-order valence-electron chi connectivity index (χ2n) is 4.48. The van der Waals surface area contributed by atoms with Gasteiger partial charge in [0.15, 0.2) is 5.13 Å². The molecule has 0 aliphatic heterocycles. The number of sulfonamides is 1. The minimum Gasteiger partial charge on any atom is -0.313 e. The van der Waals surface area contributed by atoms with Crippen molar-refractivity contribution in [1.82, 2.24) is 10.3 Å². The normalized spacial score (nSPS) is 13.2. The first-order chi connectivity index (χ1) is 9.42. The summed E-state index contributed by atoms with van der Waals surface area (Å²) in [6.45, 7) is 3.84. The molecule has 20 heavy (non-hydrogen) atoms. The highest BCUT2D eigenvalue weighted by molar-refractivity contribution is 7.93. The Kier molecular flexibility index (Phi) is 4.42. The minimum atomic E-state index is -3.57. The number of nitrogens with zero attached hydrogens (tertiary/aromatic N) is 1. The van der Waals surface area contributed by atoms with Crippen LogP contribution in [0.4, 0.5) is 5.13 Å². The summed E-state index contributed by atoms with van der Waals surface area (Å²) in [5, 5.41) is 5.29. The average Bonchev–Trinajstić information content (AvgIpc) is 2.82. The Morgan fingerprint density at radius 1 is 1.25 bits per heavy atom. The lowest BCUT2D eigenvalue weighted by Crippen LogP contribution is -2.14. The van der Waals surface area contributed by atoms with Gasteiger partial charge in [0.05, 0.1) is 10.6 Å². The lowest BCUT2D eigenvalue weighted by molar-refractivity contribution is 0.600. The molecule has 0 spiro atoms. The fraction of sp³-hybridized carbons (Fsp3) is 0.308. The predicted octanol–water partition coefficient (Wildman–Crippen LogP) is 2.53. The second-order valence-corrected chi connectivity index (χ2v) is 7.02. The largest absolute Gasteiger partial charge is 0.313 e. The number of aromatic nitrogens is 1. The van der Waals surface area contributed by atoms with E-state index in [0.29, 0.717) is 5.13 Å². The molecule has 2 N–H and O–H groups in total. The van der Waals surface area contributed by atoms with E-state index in [0.717, 1.165) is 11.3 Å². The quantitative estimate of drug-likeness (QED) is 0.890. The Morgan fingerprint density at radius 3 is 2.40 bits per heavy atom. The Hall–Kier alpha value is -1.44. The van der Waals surface area contributed by atoms with Crippen LogP contribution in [0.5, 0.6) is 0 Å². The van der Waals surface area contributed by atoms with Crippen LogP contribution in [0.25, 0.3) is 0 Å². The molecule has 1 heterocycles. The van der Waals surface area contributed by atoms with Gasteiger partial charge < -0.3 is 5.32 Å². The molecule has 1 unspecified atom stereocenters. The number of benzene rings is 1. The van der Waals surface area contributed by atoms with Crippen LogP contribution in [-0.4, -0.2) is 20.4 Å². The summed E-state index contributed by atoms with van der Waals surface area (Å²) in [6.07, 6.45) is 0. The highest BCUT2D eigenvalue weighted by atomic mass is 32.2. The van der Waals surface area contributed by atoms with Gasteiger partial charge in [0.25, 0.3) is 10.0 Å². The minimum absolute atomic E-state index is 0.182. The van der Waals surface area contributed by atoms with Crippen LogP contribution in [0.2, 0.25) is 0 Å². The Labute approximate surface area is 123 Å². The number of nitrogens with one attached hydrogen (secondary N) is 2. The van der Waals surface area contributed by atoms with Gasteiger partial charge >= 0.3 is 0 Å². The van der Waals surface area contributed by atoms with Crippen molar-refractivity contribution in [3.05, 3.63) is 40.9 Å². The maximum Gasteiger partial charge on any atom is 0.263 e. The summed E-state index contributed by atoms with van der Waals surface area (Å²) in [5.41, 5.74) is 1.84. The van der Waals surface area contributed by atoms with E-state index in [4.69, 9.17) is 0 Å². The van der Waals surface area contributed by atoms with E-state index in [9.17, 15) is 8.42 Å². The standard InChI is InChI=1S/C13H17N3O2S2/c1-9-8-19-13(15-9)16-20(17,18)12-6-4-11(5-7-12)10(2)14-3/h4-8,10,14H,1-3H3,(H,15,16). The van der Waals surface area contributed by atoms with Crippen LogP contribution < -0.4 is 10.0 Å². The molecule has 0 saturated carbocycles. The van der Waals surface area contributed by atoms with Gasteiger partial charge in [0.1, 0.15) is 0 Å².